The highest BCUT2D eigenvalue weighted by atomic mass is 35.5. The Hall–Kier alpha value is -1.51. The Morgan fingerprint density at radius 2 is 1.90 bits per heavy atom. The third-order valence-corrected chi connectivity index (χ3v) is 4.16. The summed E-state index contributed by atoms with van der Waals surface area (Å²) in [4.78, 5) is 0. The molecule has 1 N–H and O–H groups in total. The average molecular weight is 302 g/mol. The zero-order valence-electron chi connectivity index (χ0n) is 12.0. The topological polar surface area (TPSA) is 21.3 Å². The molecule has 1 aliphatic rings. The van der Waals surface area contributed by atoms with Crippen LogP contribution in [-0.2, 0) is 11.2 Å². The van der Waals surface area contributed by atoms with E-state index in [2.05, 4.69) is 29.6 Å². The Kier molecular flexibility index (Phi) is 4.79. The van der Waals surface area contributed by atoms with Crippen molar-refractivity contribution in [1.29, 1.82) is 0 Å². The van der Waals surface area contributed by atoms with E-state index in [9.17, 15) is 0 Å². The molecule has 110 valence electrons. The van der Waals surface area contributed by atoms with Gasteiger partial charge >= 0.3 is 0 Å². The normalized spacial score (nSPS) is 17.3. The summed E-state index contributed by atoms with van der Waals surface area (Å²) in [5, 5.41) is 4.11. The molecule has 0 saturated heterocycles. The van der Waals surface area contributed by atoms with Gasteiger partial charge in [0.15, 0.2) is 0 Å². The lowest BCUT2D eigenvalue weighted by Crippen LogP contribution is -2.17. The zero-order valence-corrected chi connectivity index (χ0v) is 12.8. The molecular formula is C18H20ClNO. The molecule has 2 aromatic rings. The van der Waals surface area contributed by atoms with Gasteiger partial charge in [-0.15, -0.1) is 0 Å². The summed E-state index contributed by atoms with van der Waals surface area (Å²) in [6.07, 6.45) is 3.77. The molecule has 1 aliphatic carbocycles. The molecule has 1 unspecified atom stereocenters. The van der Waals surface area contributed by atoms with E-state index < -0.39 is 0 Å². The van der Waals surface area contributed by atoms with Gasteiger partial charge in [-0.2, -0.15) is 0 Å². The van der Waals surface area contributed by atoms with Crippen molar-refractivity contribution < 1.29 is 4.74 Å². The number of fused-ring (bicyclic) bond motifs is 1. The van der Waals surface area contributed by atoms with Gasteiger partial charge in [-0.05, 0) is 54.7 Å². The summed E-state index contributed by atoms with van der Waals surface area (Å²) in [5.74, 6) is 0. The Labute approximate surface area is 131 Å². The first kappa shape index (κ1) is 14.4. The van der Waals surface area contributed by atoms with Gasteiger partial charge in [0.2, 0.25) is 0 Å². The van der Waals surface area contributed by atoms with Gasteiger partial charge in [-0.1, -0.05) is 35.9 Å². The van der Waals surface area contributed by atoms with Gasteiger partial charge in [-0.3, -0.25) is 0 Å². The second-order valence-electron chi connectivity index (χ2n) is 5.38. The van der Waals surface area contributed by atoms with Crippen LogP contribution in [0.15, 0.2) is 48.5 Å². The summed E-state index contributed by atoms with van der Waals surface area (Å²) in [6, 6.07) is 16.4. The third-order valence-electron chi connectivity index (χ3n) is 3.91. The highest BCUT2D eigenvalue weighted by Gasteiger charge is 2.19. The van der Waals surface area contributed by atoms with Crippen LogP contribution >= 0.6 is 11.6 Å². The molecule has 0 saturated carbocycles. The van der Waals surface area contributed by atoms with Crippen molar-refractivity contribution in [2.24, 2.45) is 0 Å². The van der Waals surface area contributed by atoms with Crippen LogP contribution in [0, 0.1) is 0 Å². The van der Waals surface area contributed by atoms with Gasteiger partial charge < -0.3 is 10.1 Å². The smallest absolute Gasteiger partial charge is 0.0828 e. The number of aryl methyl sites for hydroxylation is 1. The third kappa shape index (κ3) is 3.78. The van der Waals surface area contributed by atoms with E-state index in [-0.39, 0.29) is 6.10 Å². The fourth-order valence-corrected chi connectivity index (χ4v) is 2.97. The highest BCUT2D eigenvalue weighted by molar-refractivity contribution is 6.30. The maximum Gasteiger partial charge on any atom is 0.0828 e. The number of anilines is 1. The van der Waals surface area contributed by atoms with E-state index in [1.165, 1.54) is 24.0 Å². The van der Waals surface area contributed by atoms with E-state index >= 15 is 0 Å². The number of nitrogens with one attached hydrogen (secondary N) is 1. The van der Waals surface area contributed by atoms with Crippen LogP contribution in [0.3, 0.4) is 0 Å². The fourth-order valence-electron chi connectivity index (χ4n) is 2.85. The molecule has 1 atom stereocenters. The molecule has 0 amide bonds. The van der Waals surface area contributed by atoms with Crippen molar-refractivity contribution in [2.45, 2.75) is 25.4 Å². The van der Waals surface area contributed by atoms with Crippen LogP contribution < -0.4 is 5.32 Å². The first-order valence-corrected chi connectivity index (χ1v) is 7.89. The lowest BCUT2D eigenvalue weighted by Gasteiger charge is -2.25. The van der Waals surface area contributed by atoms with Crippen molar-refractivity contribution >= 4 is 17.3 Å². The summed E-state index contributed by atoms with van der Waals surface area (Å²) < 4.78 is 6.07. The van der Waals surface area contributed by atoms with Gasteiger partial charge in [-0.25, -0.2) is 0 Å². The molecular weight excluding hydrogens is 282 g/mol. The van der Waals surface area contributed by atoms with Crippen LogP contribution in [0.5, 0.6) is 0 Å². The van der Waals surface area contributed by atoms with E-state index in [1.807, 2.05) is 24.3 Å². The molecule has 0 heterocycles. The van der Waals surface area contributed by atoms with Crippen molar-refractivity contribution in [3.63, 3.8) is 0 Å². The molecule has 0 fully saturated rings. The highest BCUT2D eigenvalue weighted by Crippen LogP contribution is 2.32. The maximum atomic E-state index is 6.07. The average Bonchev–Trinajstić information content (AvgIpc) is 2.53. The largest absolute Gasteiger partial charge is 0.383 e. The predicted molar refractivity (Wildman–Crippen MR) is 88.0 cm³/mol. The molecule has 3 heteroatoms. The molecule has 0 bridgehead atoms. The minimum atomic E-state index is 0.252. The molecule has 2 aromatic carbocycles. The van der Waals surface area contributed by atoms with Gasteiger partial charge in [0.25, 0.3) is 0 Å². The van der Waals surface area contributed by atoms with Gasteiger partial charge in [0, 0.05) is 17.3 Å². The standard InChI is InChI=1S/C18H20ClNO/c19-15-8-10-16(11-9-15)20-12-13-21-18-7-3-5-14-4-1-2-6-17(14)18/h1-2,4,6,8-11,18,20H,3,5,7,12-13H2. The molecule has 0 aromatic heterocycles. The Morgan fingerprint density at radius 3 is 2.76 bits per heavy atom. The Balaban J connectivity index is 1.49. The molecule has 0 radical (unpaired) electrons. The first-order chi connectivity index (χ1) is 10.3. The van der Waals surface area contributed by atoms with Crippen LogP contribution in [0.25, 0.3) is 0 Å². The Morgan fingerprint density at radius 1 is 1.10 bits per heavy atom. The summed E-state index contributed by atoms with van der Waals surface area (Å²) >= 11 is 5.87. The fraction of sp³-hybridized carbons (Fsp3) is 0.333. The maximum absolute atomic E-state index is 6.07. The monoisotopic (exact) mass is 301 g/mol. The van der Waals surface area contributed by atoms with Crippen LogP contribution in [0.4, 0.5) is 5.69 Å². The Bertz CT molecular complexity index is 582. The lowest BCUT2D eigenvalue weighted by atomic mass is 9.89. The van der Waals surface area contributed by atoms with E-state index in [0.29, 0.717) is 6.61 Å². The minimum Gasteiger partial charge on any atom is -0.383 e. The van der Waals surface area contributed by atoms with Crippen molar-refractivity contribution in [2.75, 3.05) is 18.5 Å². The van der Waals surface area contributed by atoms with Gasteiger partial charge in [0.1, 0.15) is 0 Å². The zero-order chi connectivity index (χ0) is 14.5. The number of hydrogen-bond donors (Lipinski definition) is 1. The molecule has 0 aliphatic heterocycles. The number of rotatable bonds is 5. The van der Waals surface area contributed by atoms with Crippen molar-refractivity contribution in [1.82, 2.24) is 0 Å². The van der Waals surface area contributed by atoms with Gasteiger partial charge in [0.05, 0.1) is 12.7 Å². The lowest BCUT2D eigenvalue weighted by molar-refractivity contribution is 0.0477. The van der Waals surface area contributed by atoms with Crippen LogP contribution in [0.2, 0.25) is 5.02 Å². The predicted octanol–water partition coefficient (Wildman–Crippen LogP) is 4.85. The molecule has 21 heavy (non-hydrogen) atoms. The minimum absolute atomic E-state index is 0.252. The quantitative estimate of drug-likeness (QED) is 0.797. The number of ether oxygens (including phenoxy) is 1. The molecule has 2 nitrogen and oxygen atoms in total. The molecule has 3 rings (SSSR count). The second-order valence-corrected chi connectivity index (χ2v) is 5.82. The summed E-state index contributed by atoms with van der Waals surface area (Å²) in [6.45, 7) is 1.52. The van der Waals surface area contributed by atoms with Crippen LogP contribution in [-0.4, -0.2) is 13.2 Å². The van der Waals surface area contributed by atoms with Crippen molar-refractivity contribution in [3.8, 4) is 0 Å². The number of halogens is 1. The van der Waals surface area contributed by atoms with E-state index in [4.69, 9.17) is 16.3 Å². The van der Waals surface area contributed by atoms with E-state index in [0.717, 1.165) is 23.7 Å². The van der Waals surface area contributed by atoms with Crippen LogP contribution in [0.1, 0.15) is 30.1 Å². The summed E-state index contributed by atoms with van der Waals surface area (Å²) in [7, 11) is 0. The summed E-state index contributed by atoms with van der Waals surface area (Å²) in [5.41, 5.74) is 3.89. The first-order valence-electron chi connectivity index (χ1n) is 7.52. The van der Waals surface area contributed by atoms with E-state index in [1.54, 1.807) is 0 Å². The second kappa shape index (κ2) is 6.97. The SMILES string of the molecule is Clc1ccc(NCCOC2CCCc3ccccc32)cc1. The molecule has 0 spiro atoms. The number of hydrogen-bond acceptors (Lipinski definition) is 2. The van der Waals surface area contributed by atoms with Crippen molar-refractivity contribution in [3.05, 3.63) is 64.7 Å². The number of benzene rings is 2.